The van der Waals surface area contributed by atoms with Crippen molar-refractivity contribution in [2.75, 3.05) is 10.2 Å². The topological polar surface area (TPSA) is 99.1 Å². The van der Waals surface area contributed by atoms with E-state index in [1.807, 2.05) is 0 Å². The van der Waals surface area contributed by atoms with Crippen LogP contribution in [0.5, 0.6) is 0 Å². The number of amides is 1. The Bertz CT molecular complexity index is 1140. The maximum atomic E-state index is 14.3. The summed E-state index contributed by atoms with van der Waals surface area (Å²) in [6, 6.07) is 6.39. The maximum Gasteiger partial charge on any atom is 0.307 e. The first kappa shape index (κ1) is 19.4. The third-order valence-corrected chi connectivity index (χ3v) is 5.08. The van der Waals surface area contributed by atoms with Gasteiger partial charge in [0.05, 0.1) is 36.5 Å². The molecule has 2 heterocycles. The van der Waals surface area contributed by atoms with Crippen molar-refractivity contribution < 1.29 is 28.3 Å². The molecule has 0 bridgehead atoms. The minimum Gasteiger partial charge on any atom is -0.481 e. The quantitative estimate of drug-likeness (QED) is 0.713. The number of aliphatic imine (C=N–C) groups is 1. The molecule has 0 saturated carbocycles. The number of Topliss-reactive ketones (excluding diaryl/α,β-unsaturated/α-hetero) is 1. The van der Waals surface area contributed by atoms with Crippen molar-refractivity contribution in [2.24, 2.45) is 4.99 Å². The molecule has 0 aromatic heterocycles. The van der Waals surface area contributed by atoms with Gasteiger partial charge in [0.15, 0.2) is 5.78 Å². The predicted molar refractivity (Wildman–Crippen MR) is 104 cm³/mol. The van der Waals surface area contributed by atoms with Crippen LogP contribution < -0.4 is 10.2 Å². The van der Waals surface area contributed by atoms with Gasteiger partial charge in [0.2, 0.25) is 6.41 Å². The summed E-state index contributed by atoms with van der Waals surface area (Å²) in [6.07, 6.45) is 2.67. The lowest BCUT2D eigenvalue weighted by atomic mass is 9.90. The van der Waals surface area contributed by atoms with Gasteiger partial charge in [-0.05, 0) is 17.7 Å². The van der Waals surface area contributed by atoms with Crippen molar-refractivity contribution in [3.63, 3.8) is 0 Å². The van der Waals surface area contributed by atoms with E-state index in [0.717, 1.165) is 18.3 Å². The Kier molecular flexibility index (Phi) is 4.86. The van der Waals surface area contributed by atoms with E-state index in [1.165, 1.54) is 18.3 Å². The molecule has 0 aliphatic carbocycles. The first-order chi connectivity index (χ1) is 14.4. The number of carbonyl (C=O) groups is 3. The Morgan fingerprint density at radius 2 is 2.00 bits per heavy atom. The number of nitrogens with zero attached hydrogens (tertiary/aromatic N) is 2. The van der Waals surface area contributed by atoms with Crippen molar-refractivity contribution >= 4 is 35.8 Å². The number of carbonyl (C=O) groups excluding carboxylic acids is 2. The molecular weight excluding hydrogens is 396 g/mol. The number of hydrogen-bond acceptors (Lipinski definition) is 5. The van der Waals surface area contributed by atoms with E-state index in [9.17, 15) is 28.3 Å². The van der Waals surface area contributed by atoms with Crippen LogP contribution in [0.3, 0.4) is 0 Å². The van der Waals surface area contributed by atoms with Gasteiger partial charge in [0.25, 0.3) is 0 Å². The zero-order valence-corrected chi connectivity index (χ0v) is 15.4. The van der Waals surface area contributed by atoms with Crippen LogP contribution >= 0.6 is 0 Å². The highest BCUT2D eigenvalue weighted by Crippen LogP contribution is 2.50. The number of fused-ring (bicyclic) bond motifs is 3. The molecule has 30 heavy (non-hydrogen) atoms. The largest absolute Gasteiger partial charge is 0.481 e. The van der Waals surface area contributed by atoms with Gasteiger partial charge in [-0.2, -0.15) is 0 Å². The SMILES string of the molecule is O=CNc1c(CC(=O)O)ccc2c1C1C(=O)C=NC=C1N2Cc1ccc(F)cc1F. The number of carboxylic acids is 1. The molecule has 0 fully saturated rings. The Labute approximate surface area is 169 Å². The van der Waals surface area contributed by atoms with Crippen molar-refractivity contribution in [1.82, 2.24) is 0 Å². The average Bonchev–Trinajstić information content (AvgIpc) is 3.00. The Hall–Kier alpha value is -3.88. The lowest BCUT2D eigenvalue weighted by Crippen LogP contribution is -2.25. The standard InChI is InChI=1S/C21H15F2N3O4/c22-13-3-1-12(14(23)6-13)9-26-15-4-2-11(5-18(29)30)21(25-10-27)20(15)19-16(26)7-24-8-17(19)28/h1-4,6-8,10,19H,5,9H2,(H,25,27)(H,29,30). The molecule has 4 rings (SSSR count). The Morgan fingerprint density at radius 1 is 1.23 bits per heavy atom. The van der Waals surface area contributed by atoms with Gasteiger partial charge in [-0.1, -0.05) is 12.1 Å². The van der Waals surface area contributed by atoms with Gasteiger partial charge in [-0.25, -0.2) is 8.78 Å². The highest BCUT2D eigenvalue weighted by molar-refractivity contribution is 6.33. The van der Waals surface area contributed by atoms with E-state index in [1.54, 1.807) is 11.0 Å². The lowest BCUT2D eigenvalue weighted by Gasteiger charge is -2.23. The highest BCUT2D eigenvalue weighted by Gasteiger charge is 2.42. The molecule has 7 nitrogen and oxygen atoms in total. The molecule has 9 heteroatoms. The van der Waals surface area contributed by atoms with E-state index in [2.05, 4.69) is 10.3 Å². The second kappa shape index (κ2) is 7.51. The summed E-state index contributed by atoms with van der Waals surface area (Å²) >= 11 is 0. The van der Waals surface area contributed by atoms with Crippen molar-refractivity contribution in [3.8, 4) is 0 Å². The fraction of sp³-hybridized carbons (Fsp3) is 0.143. The molecule has 0 spiro atoms. The van der Waals surface area contributed by atoms with Gasteiger partial charge in [-0.3, -0.25) is 19.4 Å². The molecule has 2 N–H and O–H groups in total. The van der Waals surface area contributed by atoms with Crippen LogP contribution in [0.25, 0.3) is 0 Å². The second-order valence-corrected chi connectivity index (χ2v) is 6.85. The van der Waals surface area contributed by atoms with Gasteiger partial charge in [-0.15, -0.1) is 0 Å². The first-order valence-corrected chi connectivity index (χ1v) is 8.97. The zero-order valence-electron chi connectivity index (χ0n) is 15.4. The number of nitrogens with one attached hydrogen (secondary N) is 1. The summed E-state index contributed by atoms with van der Waals surface area (Å²) < 4.78 is 27.6. The summed E-state index contributed by atoms with van der Waals surface area (Å²) in [5, 5.41) is 11.7. The maximum absolute atomic E-state index is 14.3. The van der Waals surface area contributed by atoms with Crippen molar-refractivity contribution in [1.29, 1.82) is 0 Å². The van der Waals surface area contributed by atoms with Crippen LogP contribution in [0.1, 0.15) is 22.6 Å². The lowest BCUT2D eigenvalue weighted by molar-refractivity contribution is -0.136. The van der Waals surface area contributed by atoms with Crippen LogP contribution in [-0.2, 0) is 27.3 Å². The van der Waals surface area contributed by atoms with Crippen molar-refractivity contribution in [3.05, 3.63) is 70.6 Å². The number of ketones is 1. The fourth-order valence-electron chi connectivity index (χ4n) is 3.85. The summed E-state index contributed by atoms with van der Waals surface area (Å²) in [4.78, 5) is 40.7. The van der Waals surface area contributed by atoms with Crippen LogP contribution in [-0.4, -0.2) is 29.5 Å². The molecule has 2 aromatic rings. The number of benzene rings is 2. The minimum atomic E-state index is -1.10. The molecule has 0 saturated heterocycles. The highest BCUT2D eigenvalue weighted by atomic mass is 19.1. The number of allylic oxidation sites excluding steroid dienone is 1. The zero-order chi connectivity index (χ0) is 21.4. The molecule has 0 radical (unpaired) electrons. The van der Waals surface area contributed by atoms with Crippen LogP contribution in [0.4, 0.5) is 20.2 Å². The fourth-order valence-corrected chi connectivity index (χ4v) is 3.85. The molecule has 2 aliphatic heterocycles. The smallest absolute Gasteiger partial charge is 0.307 e. The average molecular weight is 411 g/mol. The summed E-state index contributed by atoms with van der Waals surface area (Å²) in [5.41, 5.74) is 2.15. The molecule has 152 valence electrons. The molecule has 2 aromatic carbocycles. The van der Waals surface area contributed by atoms with Crippen LogP contribution in [0, 0.1) is 11.6 Å². The molecular formula is C21H15F2N3O4. The molecule has 1 atom stereocenters. The third-order valence-electron chi connectivity index (χ3n) is 5.08. The van der Waals surface area contributed by atoms with E-state index in [0.29, 0.717) is 28.9 Å². The van der Waals surface area contributed by atoms with Gasteiger partial charge < -0.3 is 15.3 Å². The van der Waals surface area contributed by atoms with E-state index >= 15 is 0 Å². The minimum absolute atomic E-state index is 0.0109. The number of aliphatic carboxylic acids is 1. The first-order valence-electron chi connectivity index (χ1n) is 8.97. The number of anilines is 2. The van der Waals surface area contributed by atoms with Gasteiger partial charge in [0.1, 0.15) is 11.6 Å². The number of halogens is 2. The summed E-state index contributed by atoms with van der Waals surface area (Å²) in [6.45, 7) is -0.0109. The second-order valence-electron chi connectivity index (χ2n) is 6.85. The monoisotopic (exact) mass is 411 g/mol. The van der Waals surface area contributed by atoms with Gasteiger partial charge in [0, 0.05) is 29.1 Å². The van der Waals surface area contributed by atoms with Gasteiger partial charge >= 0.3 is 5.97 Å². The van der Waals surface area contributed by atoms with E-state index in [4.69, 9.17) is 0 Å². The van der Waals surface area contributed by atoms with E-state index in [-0.39, 0.29) is 30.0 Å². The number of rotatable bonds is 6. The molecule has 2 aliphatic rings. The Balaban J connectivity index is 1.88. The van der Waals surface area contributed by atoms with Crippen LogP contribution in [0.15, 0.2) is 47.2 Å². The Morgan fingerprint density at radius 3 is 2.70 bits per heavy atom. The number of hydrogen-bond donors (Lipinski definition) is 2. The normalized spacial score (nSPS) is 16.7. The van der Waals surface area contributed by atoms with E-state index < -0.39 is 23.5 Å². The third kappa shape index (κ3) is 3.24. The van der Waals surface area contributed by atoms with Crippen LogP contribution in [0.2, 0.25) is 0 Å². The predicted octanol–water partition coefficient (Wildman–Crippen LogP) is 2.76. The van der Waals surface area contributed by atoms with Crippen molar-refractivity contribution in [2.45, 2.75) is 18.9 Å². The number of carboxylic acid groups (broad SMARTS) is 1. The molecule has 1 unspecified atom stereocenters. The summed E-state index contributed by atoms with van der Waals surface area (Å²) in [7, 11) is 0. The summed E-state index contributed by atoms with van der Waals surface area (Å²) in [5.74, 6) is -3.71. The molecule has 1 amide bonds.